The highest BCUT2D eigenvalue weighted by Crippen LogP contribution is 2.12. The van der Waals surface area contributed by atoms with E-state index < -0.39 is 12.4 Å². The number of aliphatic hydroxyl groups excluding tert-OH is 2. The van der Waals surface area contributed by atoms with Crippen molar-refractivity contribution < 1.29 is 14.9 Å². The molecule has 2 N–H and O–H groups in total. The van der Waals surface area contributed by atoms with Crippen molar-refractivity contribution in [2.24, 2.45) is 0 Å². The number of hydrogen-bond acceptors (Lipinski definition) is 3. The third-order valence-electron chi connectivity index (χ3n) is 3.70. The summed E-state index contributed by atoms with van der Waals surface area (Å²) in [6, 6.07) is 0. The molecule has 2 atom stereocenters. The molecule has 20 heavy (non-hydrogen) atoms. The molecule has 0 spiro atoms. The zero-order valence-electron chi connectivity index (χ0n) is 13.6. The maximum atomic E-state index is 9.23. The molecule has 0 aliphatic rings. The summed E-state index contributed by atoms with van der Waals surface area (Å²) in [4.78, 5) is 0. The number of ether oxygens (including phenoxy) is 1. The Balaban J connectivity index is 3.03. The Morgan fingerprint density at radius 1 is 0.700 bits per heavy atom. The first-order chi connectivity index (χ1) is 9.68. The minimum atomic E-state index is -1.03. The van der Waals surface area contributed by atoms with E-state index in [0.717, 1.165) is 12.8 Å². The second kappa shape index (κ2) is 15.3. The Morgan fingerprint density at radius 3 is 1.50 bits per heavy atom. The summed E-state index contributed by atoms with van der Waals surface area (Å²) in [5.74, 6) is 0. The summed E-state index contributed by atoms with van der Waals surface area (Å²) >= 11 is 0. The highest BCUT2D eigenvalue weighted by atomic mass is 16.6. The van der Waals surface area contributed by atoms with Gasteiger partial charge < -0.3 is 14.9 Å². The lowest BCUT2D eigenvalue weighted by atomic mass is 10.1. The van der Waals surface area contributed by atoms with Gasteiger partial charge in [-0.05, 0) is 13.3 Å². The van der Waals surface area contributed by atoms with Crippen molar-refractivity contribution in [1.29, 1.82) is 0 Å². The van der Waals surface area contributed by atoms with Crippen LogP contribution in [-0.4, -0.2) is 29.2 Å². The molecule has 0 saturated carbocycles. The van der Waals surface area contributed by atoms with Crippen LogP contribution in [0.2, 0.25) is 0 Å². The Kier molecular flexibility index (Phi) is 15.2. The second-order valence-electron chi connectivity index (χ2n) is 5.89. The van der Waals surface area contributed by atoms with Crippen molar-refractivity contribution in [2.75, 3.05) is 6.61 Å². The molecule has 0 rings (SSSR count). The average molecular weight is 288 g/mol. The summed E-state index contributed by atoms with van der Waals surface area (Å²) in [7, 11) is 0. The molecule has 0 radical (unpaired) electrons. The fourth-order valence-electron chi connectivity index (χ4n) is 2.29. The minimum absolute atomic E-state index is 0.545. The summed E-state index contributed by atoms with van der Waals surface area (Å²) in [6.45, 7) is 4.34. The molecule has 0 aliphatic carbocycles. The quantitative estimate of drug-likeness (QED) is 0.347. The monoisotopic (exact) mass is 288 g/mol. The number of hydrogen-bond donors (Lipinski definition) is 2. The van der Waals surface area contributed by atoms with E-state index in [1.54, 1.807) is 0 Å². The van der Waals surface area contributed by atoms with Crippen molar-refractivity contribution >= 4 is 0 Å². The van der Waals surface area contributed by atoms with Crippen LogP contribution in [0.5, 0.6) is 0 Å². The highest BCUT2D eigenvalue weighted by Gasteiger charge is 2.09. The van der Waals surface area contributed by atoms with E-state index in [2.05, 4.69) is 6.92 Å². The maximum Gasteiger partial charge on any atom is 0.180 e. The summed E-state index contributed by atoms with van der Waals surface area (Å²) in [5, 5.41) is 18.3. The first kappa shape index (κ1) is 19.9. The van der Waals surface area contributed by atoms with E-state index in [1.807, 2.05) is 0 Å². The van der Waals surface area contributed by atoms with Crippen molar-refractivity contribution in [3.05, 3.63) is 0 Å². The zero-order chi connectivity index (χ0) is 15.1. The fraction of sp³-hybridized carbons (Fsp3) is 1.00. The molecule has 0 bridgehead atoms. The van der Waals surface area contributed by atoms with Gasteiger partial charge in [0.2, 0.25) is 0 Å². The van der Waals surface area contributed by atoms with Crippen LogP contribution in [0.3, 0.4) is 0 Å². The maximum absolute atomic E-state index is 9.23. The Bertz CT molecular complexity index is 183. The predicted molar refractivity (Wildman–Crippen MR) is 84.7 cm³/mol. The van der Waals surface area contributed by atoms with Gasteiger partial charge in [-0.25, -0.2) is 0 Å². The molecular formula is C17H36O3. The number of rotatable bonds is 15. The number of aliphatic hydroxyl groups is 2. The fourth-order valence-corrected chi connectivity index (χ4v) is 2.29. The van der Waals surface area contributed by atoms with Crippen molar-refractivity contribution in [1.82, 2.24) is 0 Å². The van der Waals surface area contributed by atoms with Gasteiger partial charge in [0.05, 0.1) is 0 Å². The van der Waals surface area contributed by atoms with Crippen LogP contribution in [0.1, 0.15) is 90.9 Å². The number of unbranched alkanes of at least 4 members (excludes halogenated alkanes) is 11. The molecule has 0 amide bonds. The molecule has 0 aromatic carbocycles. The van der Waals surface area contributed by atoms with Gasteiger partial charge in [-0.3, -0.25) is 0 Å². The molecule has 0 aromatic heterocycles. The Labute approximate surface area is 125 Å². The van der Waals surface area contributed by atoms with Gasteiger partial charge >= 0.3 is 0 Å². The highest BCUT2D eigenvalue weighted by molar-refractivity contribution is 4.51. The molecule has 2 unspecified atom stereocenters. The van der Waals surface area contributed by atoms with Crippen LogP contribution in [0.25, 0.3) is 0 Å². The van der Waals surface area contributed by atoms with Gasteiger partial charge in [0.25, 0.3) is 0 Å². The van der Waals surface area contributed by atoms with Crippen LogP contribution in [0.4, 0.5) is 0 Å². The molecule has 0 saturated heterocycles. The lowest BCUT2D eigenvalue weighted by molar-refractivity contribution is -0.156. The lowest BCUT2D eigenvalue weighted by Crippen LogP contribution is -2.26. The van der Waals surface area contributed by atoms with Gasteiger partial charge in [0.15, 0.2) is 6.29 Å². The normalized spacial score (nSPS) is 14.4. The van der Waals surface area contributed by atoms with Crippen molar-refractivity contribution in [3.8, 4) is 0 Å². The van der Waals surface area contributed by atoms with E-state index in [0.29, 0.717) is 6.61 Å². The van der Waals surface area contributed by atoms with Crippen LogP contribution < -0.4 is 0 Å². The van der Waals surface area contributed by atoms with Crippen LogP contribution >= 0.6 is 0 Å². The van der Waals surface area contributed by atoms with E-state index in [9.17, 15) is 5.11 Å². The first-order valence-corrected chi connectivity index (χ1v) is 8.66. The van der Waals surface area contributed by atoms with E-state index >= 15 is 0 Å². The Morgan fingerprint density at radius 2 is 1.10 bits per heavy atom. The van der Waals surface area contributed by atoms with E-state index in [-0.39, 0.29) is 0 Å². The zero-order valence-corrected chi connectivity index (χ0v) is 13.6. The minimum Gasteiger partial charge on any atom is -0.388 e. The van der Waals surface area contributed by atoms with Gasteiger partial charge in [-0.2, -0.15) is 0 Å². The summed E-state index contributed by atoms with van der Waals surface area (Å²) in [6.07, 6.45) is 14.0. The largest absolute Gasteiger partial charge is 0.388 e. The van der Waals surface area contributed by atoms with Gasteiger partial charge in [-0.1, -0.05) is 77.6 Å². The molecule has 0 heterocycles. The van der Waals surface area contributed by atoms with Gasteiger partial charge in [-0.15, -0.1) is 0 Å². The van der Waals surface area contributed by atoms with Gasteiger partial charge in [0, 0.05) is 6.61 Å². The standard InChI is InChI=1S/C17H36O3/c1-3-4-5-6-7-8-9-10-11-12-13-14-15-20-17(19)16(2)18/h16-19H,3-15H2,1-2H3. The topological polar surface area (TPSA) is 49.7 Å². The van der Waals surface area contributed by atoms with E-state index in [1.165, 1.54) is 71.1 Å². The SMILES string of the molecule is CCCCCCCCCCCCCCOC(O)C(C)O. The smallest absolute Gasteiger partial charge is 0.180 e. The van der Waals surface area contributed by atoms with Gasteiger partial charge in [0.1, 0.15) is 6.10 Å². The lowest BCUT2D eigenvalue weighted by Gasteiger charge is -2.14. The second-order valence-corrected chi connectivity index (χ2v) is 5.89. The third kappa shape index (κ3) is 14.3. The molecule has 122 valence electrons. The van der Waals surface area contributed by atoms with Crippen LogP contribution in [-0.2, 0) is 4.74 Å². The molecule has 3 heteroatoms. The van der Waals surface area contributed by atoms with Crippen LogP contribution in [0, 0.1) is 0 Å². The third-order valence-corrected chi connectivity index (χ3v) is 3.70. The van der Waals surface area contributed by atoms with Crippen molar-refractivity contribution in [3.63, 3.8) is 0 Å². The summed E-state index contributed by atoms with van der Waals surface area (Å²) in [5.41, 5.74) is 0. The van der Waals surface area contributed by atoms with E-state index in [4.69, 9.17) is 9.84 Å². The first-order valence-electron chi connectivity index (χ1n) is 8.66. The Hall–Kier alpha value is -0.120. The molecule has 3 nitrogen and oxygen atoms in total. The predicted octanol–water partition coefficient (Wildman–Crippen LogP) is 4.40. The summed E-state index contributed by atoms with van der Waals surface area (Å²) < 4.78 is 5.10. The van der Waals surface area contributed by atoms with Crippen LogP contribution in [0.15, 0.2) is 0 Å². The molecule has 0 aliphatic heterocycles. The molecule has 0 aromatic rings. The molecular weight excluding hydrogens is 252 g/mol. The average Bonchev–Trinajstić information content (AvgIpc) is 2.43. The molecule has 0 fully saturated rings. The van der Waals surface area contributed by atoms with Crippen molar-refractivity contribution in [2.45, 2.75) is 103 Å².